The van der Waals surface area contributed by atoms with Gasteiger partial charge in [0.2, 0.25) is 0 Å². The van der Waals surface area contributed by atoms with E-state index in [0.29, 0.717) is 12.5 Å². The van der Waals surface area contributed by atoms with Gasteiger partial charge in [-0.05, 0) is 37.1 Å². The van der Waals surface area contributed by atoms with Crippen LogP contribution in [-0.4, -0.2) is 30.5 Å². The standard InChI is InChI=1S/C8H14F3NOS/c9-8(10,11)14-2-1-13-7-3-6(4-7)5-12/h6-7H,1-5,12H2. The minimum Gasteiger partial charge on any atom is -0.377 e. The number of thioether (sulfide) groups is 1. The third-order valence-electron chi connectivity index (χ3n) is 2.23. The Balaban J connectivity index is 1.91. The van der Waals surface area contributed by atoms with Crippen LogP contribution in [0.5, 0.6) is 0 Å². The molecule has 0 atom stereocenters. The lowest BCUT2D eigenvalue weighted by atomic mass is 9.82. The van der Waals surface area contributed by atoms with E-state index in [1.165, 1.54) is 0 Å². The summed E-state index contributed by atoms with van der Waals surface area (Å²) in [7, 11) is 0. The second kappa shape index (κ2) is 5.23. The summed E-state index contributed by atoms with van der Waals surface area (Å²) in [6.45, 7) is 0.823. The van der Waals surface area contributed by atoms with E-state index in [9.17, 15) is 13.2 Å². The van der Waals surface area contributed by atoms with Crippen molar-refractivity contribution >= 4 is 11.8 Å². The van der Waals surface area contributed by atoms with Crippen molar-refractivity contribution in [1.82, 2.24) is 0 Å². The fourth-order valence-corrected chi connectivity index (χ4v) is 1.79. The van der Waals surface area contributed by atoms with Gasteiger partial charge in [-0.1, -0.05) is 0 Å². The molecule has 1 saturated carbocycles. The fraction of sp³-hybridized carbons (Fsp3) is 1.00. The first-order valence-corrected chi connectivity index (χ1v) is 5.52. The molecule has 0 unspecified atom stereocenters. The molecular formula is C8H14F3NOS. The Labute approximate surface area is 85.4 Å². The molecule has 1 aliphatic rings. The van der Waals surface area contributed by atoms with Crippen molar-refractivity contribution in [3.63, 3.8) is 0 Å². The quantitative estimate of drug-likeness (QED) is 0.732. The third-order valence-corrected chi connectivity index (χ3v) is 2.93. The first-order valence-electron chi connectivity index (χ1n) is 4.53. The number of hydrogen-bond acceptors (Lipinski definition) is 3. The Hall–Kier alpha value is 0.0600. The Bertz CT molecular complexity index is 170. The Kier molecular flexibility index (Phi) is 4.53. The van der Waals surface area contributed by atoms with Gasteiger partial charge in [0.25, 0.3) is 0 Å². The molecular weight excluding hydrogens is 215 g/mol. The van der Waals surface area contributed by atoms with Gasteiger partial charge in [0.05, 0.1) is 12.7 Å². The molecule has 0 aromatic heterocycles. The van der Waals surface area contributed by atoms with Crippen molar-refractivity contribution in [2.24, 2.45) is 11.7 Å². The number of rotatable bonds is 5. The van der Waals surface area contributed by atoms with Crippen LogP contribution in [0.2, 0.25) is 0 Å². The van der Waals surface area contributed by atoms with Crippen LogP contribution in [0.4, 0.5) is 13.2 Å². The first kappa shape index (κ1) is 12.1. The van der Waals surface area contributed by atoms with E-state index in [1.54, 1.807) is 0 Å². The van der Waals surface area contributed by atoms with E-state index < -0.39 is 5.51 Å². The highest BCUT2D eigenvalue weighted by Gasteiger charge is 2.30. The maximum atomic E-state index is 11.7. The molecule has 0 heterocycles. The summed E-state index contributed by atoms with van der Waals surface area (Å²) in [4.78, 5) is 0. The maximum absolute atomic E-state index is 11.7. The van der Waals surface area contributed by atoms with E-state index in [2.05, 4.69) is 0 Å². The molecule has 0 aromatic rings. The van der Waals surface area contributed by atoms with Crippen LogP contribution in [0, 0.1) is 5.92 Å². The third kappa shape index (κ3) is 4.52. The van der Waals surface area contributed by atoms with Gasteiger partial charge in [-0.2, -0.15) is 13.2 Å². The highest BCUT2D eigenvalue weighted by atomic mass is 32.2. The molecule has 84 valence electrons. The highest BCUT2D eigenvalue weighted by molar-refractivity contribution is 8.00. The zero-order valence-corrected chi connectivity index (χ0v) is 8.53. The van der Waals surface area contributed by atoms with Gasteiger partial charge < -0.3 is 10.5 Å². The van der Waals surface area contributed by atoms with Crippen LogP contribution in [-0.2, 0) is 4.74 Å². The molecule has 1 rings (SSSR count). The smallest absolute Gasteiger partial charge is 0.377 e. The highest BCUT2D eigenvalue weighted by Crippen LogP contribution is 2.31. The van der Waals surface area contributed by atoms with Gasteiger partial charge in [-0.3, -0.25) is 0 Å². The summed E-state index contributed by atoms with van der Waals surface area (Å²) >= 11 is -0.0330. The lowest BCUT2D eigenvalue weighted by molar-refractivity contribution is -0.0364. The topological polar surface area (TPSA) is 35.2 Å². The molecule has 0 aliphatic heterocycles. The summed E-state index contributed by atoms with van der Waals surface area (Å²) in [5, 5.41) is 0. The van der Waals surface area contributed by atoms with Crippen LogP contribution in [0.1, 0.15) is 12.8 Å². The molecule has 2 N–H and O–H groups in total. The van der Waals surface area contributed by atoms with Crippen LogP contribution in [0.3, 0.4) is 0 Å². The summed E-state index contributed by atoms with van der Waals surface area (Å²) in [5.41, 5.74) is 1.26. The molecule has 0 spiro atoms. The van der Waals surface area contributed by atoms with Crippen molar-refractivity contribution < 1.29 is 17.9 Å². The molecule has 2 nitrogen and oxygen atoms in total. The number of ether oxygens (including phenoxy) is 1. The number of alkyl halides is 3. The number of nitrogens with two attached hydrogens (primary N) is 1. The molecule has 0 saturated heterocycles. The van der Waals surface area contributed by atoms with Gasteiger partial charge in [-0.25, -0.2) is 0 Å². The second-order valence-corrected chi connectivity index (χ2v) is 4.52. The van der Waals surface area contributed by atoms with E-state index in [4.69, 9.17) is 10.5 Å². The van der Waals surface area contributed by atoms with Crippen molar-refractivity contribution in [1.29, 1.82) is 0 Å². The normalized spacial score (nSPS) is 27.4. The average molecular weight is 229 g/mol. The molecule has 0 bridgehead atoms. The summed E-state index contributed by atoms with van der Waals surface area (Å²) in [6.07, 6.45) is 1.93. The average Bonchev–Trinajstić information content (AvgIpc) is 1.98. The van der Waals surface area contributed by atoms with Gasteiger partial charge >= 0.3 is 5.51 Å². The van der Waals surface area contributed by atoms with Crippen molar-refractivity contribution in [3.8, 4) is 0 Å². The zero-order chi connectivity index (χ0) is 10.6. The second-order valence-electron chi connectivity index (χ2n) is 3.36. The van der Waals surface area contributed by atoms with Crippen LogP contribution in [0.25, 0.3) is 0 Å². The molecule has 6 heteroatoms. The van der Waals surface area contributed by atoms with Gasteiger partial charge in [0.1, 0.15) is 0 Å². The predicted molar refractivity (Wildman–Crippen MR) is 50.0 cm³/mol. The molecule has 0 aromatic carbocycles. The molecule has 0 amide bonds. The summed E-state index contributed by atoms with van der Waals surface area (Å²) in [5.74, 6) is 0.489. The van der Waals surface area contributed by atoms with Gasteiger partial charge in [0, 0.05) is 5.75 Å². The SMILES string of the molecule is NCC1CC(OCCSC(F)(F)F)C1. The Morgan fingerprint density at radius 2 is 2.00 bits per heavy atom. The summed E-state index contributed by atoms with van der Waals surface area (Å²) in [6, 6.07) is 0. The van der Waals surface area contributed by atoms with Crippen molar-refractivity contribution in [3.05, 3.63) is 0 Å². The van der Waals surface area contributed by atoms with E-state index in [0.717, 1.165) is 12.8 Å². The van der Waals surface area contributed by atoms with E-state index in [-0.39, 0.29) is 30.2 Å². The van der Waals surface area contributed by atoms with Gasteiger partial charge in [0.15, 0.2) is 0 Å². The fourth-order valence-electron chi connectivity index (χ4n) is 1.38. The Morgan fingerprint density at radius 3 is 2.50 bits per heavy atom. The van der Waals surface area contributed by atoms with Gasteiger partial charge in [-0.15, -0.1) is 0 Å². The van der Waals surface area contributed by atoms with E-state index in [1.807, 2.05) is 0 Å². The number of halogens is 3. The molecule has 14 heavy (non-hydrogen) atoms. The summed E-state index contributed by atoms with van der Waals surface area (Å²) < 4.78 is 40.3. The van der Waals surface area contributed by atoms with Crippen LogP contribution in [0.15, 0.2) is 0 Å². The monoisotopic (exact) mass is 229 g/mol. The van der Waals surface area contributed by atoms with Crippen LogP contribution < -0.4 is 5.73 Å². The minimum atomic E-state index is -4.14. The van der Waals surface area contributed by atoms with Crippen molar-refractivity contribution in [2.75, 3.05) is 18.9 Å². The van der Waals surface area contributed by atoms with Crippen LogP contribution >= 0.6 is 11.8 Å². The van der Waals surface area contributed by atoms with Crippen molar-refractivity contribution in [2.45, 2.75) is 24.5 Å². The van der Waals surface area contributed by atoms with E-state index >= 15 is 0 Å². The lowest BCUT2D eigenvalue weighted by Crippen LogP contribution is -2.36. The predicted octanol–water partition coefficient (Wildman–Crippen LogP) is 1.99. The molecule has 1 aliphatic carbocycles. The Morgan fingerprint density at radius 1 is 1.36 bits per heavy atom. The maximum Gasteiger partial charge on any atom is 0.441 e. The minimum absolute atomic E-state index is 0.0205. The first-order chi connectivity index (χ1) is 6.51. The molecule has 1 fully saturated rings. The zero-order valence-electron chi connectivity index (χ0n) is 7.72. The molecule has 0 radical (unpaired) electrons. The largest absolute Gasteiger partial charge is 0.441 e. The lowest BCUT2D eigenvalue weighted by Gasteiger charge is -2.34. The number of hydrogen-bond donors (Lipinski definition) is 1.